The Kier molecular flexibility index (Phi) is 4.47. The monoisotopic (exact) mass is 306 g/mol. The second kappa shape index (κ2) is 6.36. The van der Waals surface area contributed by atoms with E-state index in [2.05, 4.69) is 0 Å². The average Bonchev–Trinajstić information content (AvgIpc) is 3.09. The predicted octanol–water partition coefficient (Wildman–Crippen LogP) is 2.30. The van der Waals surface area contributed by atoms with Crippen LogP contribution in [-0.2, 0) is 25.6 Å². The Hall–Kier alpha value is -1.43. The Morgan fingerprint density at radius 2 is 2.00 bits per heavy atom. The van der Waals surface area contributed by atoms with Crippen LogP contribution in [-0.4, -0.2) is 36.7 Å². The fraction of sp³-hybridized carbons (Fsp3) is 0.588. The second-order valence-electron chi connectivity index (χ2n) is 6.11. The van der Waals surface area contributed by atoms with Gasteiger partial charge in [-0.2, -0.15) is 0 Å². The third-order valence-electron chi connectivity index (χ3n) is 4.87. The van der Waals surface area contributed by atoms with Crippen molar-refractivity contribution in [3.8, 4) is 0 Å². The number of benzene rings is 1. The van der Waals surface area contributed by atoms with Crippen LogP contribution in [0.15, 0.2) is 30.3 Å². The van der Waals surface area contributed by atoms with Gasteiger partial charge in [0.05, 0.1) is 32.3 Å². The fourth-order valence-corrected chi connectivity index (χ4v) is 3.59. The van der Waals surface area contributed by atoms with E-state index in [-0.39, 0.29) is 11.8 Å². The first-order valence-electron chi connectivity index (χ1n) is 7.75. The number of aliphatic carboxylic acids is 1. The summed E-state index contributed by atoms with van der Waals surface area (Å²) >= 11 is 0. The van der Waals surface area contributed by atoms with Gasteiger partial charge in [-0.15, -0.1) is 0 Å². The smallest absolute Gasteiger partial charge is 0.307 e. The molecule has 1 aliphatic carbocycles. The van der Waals surface area contributed by atoms with E-state index in [4.69, 9.17) is 14.2 Å². The van der Waals surface area contributed by atoms with E-state index >= 15 is 0 Å². The molecule has 5 nitrogen and oxygen atoms in total. The summed E-state index contributed by atoms with van der Waals surface area (Å²) in [5, 5.41) is 9.49. The Morgan fingerprint density at radius 3 is 2.64 bits per heavy atom. The molecule has 1 saturated heterocycles. The molecule has 1 N–H and O–H groups in total. The minimum atomic E-state index is -0.795. The molecule has 0 radical (unpaired) electrons. The van der Waals surface area contributed by atoms with Gasteiger partial charge in [-0.05, 0) is 5.56 Å². The molecule has 2 aliphatic rings. The second-order valence-corrected chi connectivity index (χ2v) is 6.11. The molecule has 1 saturated carbocycles. The lowest BCUT2D eigenvalue weighted by molar-refractivity contribution is -0.185. The zero-order valence-corrected chi connectivity index (χ0v) is 12.7. The SMILES string of the molecule is C[C@@H]1[C@@H](COCc2ccccc2)[C@H](C(=O)O)CC12OCCO2. The van der Waals surface area contributed by atoms with Crippen molar-refractivity contribution >= 4 is 5.97 Å². The summed E-state index contributed by atoms with van der Waals surface area (Å²) in [6, 6.07) is 9.88. The van der Waals surface area contributed by atoms with E-state index in [1.807, 2.05) is 37.3 Å². The summed E-state index contributed by atoms with van der Waals surface area (Å²) in [6.45, 7) is 3.97. The van der Waals surface area contributed by atoms with Gasteiger partial charge in [-0.3, -0.25) is 4.79 Å². The molecule has 2 fully saturated rings. The Labute approximate surface area is 130 Å². The van der Waals surface area contributed by atoms with Crippen LogP contribution in [0.25, 0.3) is 0 Å². The fourth-order valence-electron chi connectivity index (χ4n) is 3.59. The van der Waals surface area contributed by atoms with Gasteiger partial charge in [0.1, 0.15) is 0 Å². The molecule has 0 amide bonds. The van der Waals surface area contributed by atoms with Crippen molar-refractivity contribution < 1.29 is 24.1 Å². The lowest BCUT2D eigenvalue weighted by Crippen LogP contribution is -2.35. The lowest BCUT2D eigenvalue weighted by atomic mass is 9.90. The largest absolute Gasteiger partial charge is 0.481 e. The summed E-state index contributed by atoms with van der Waals surface area (Å²) < 4.78 is 17.3. The van der Waals surface area contributed by atoms with Crippen LogP contribution >= 0.6 is 0 Å². The van der Waals surface area contributed by atoms with Crippen LogP contribution < -0.4 is 0 Å². The summed E-state index contributed by atoms with van der Waals surface area (Å²) in [4.78, 5) is 11.6. The maximum Gasteiger partial charge on any atom is 0.307 e. The predicted molar refractivity (Wildman–Crippen MR) is 79.1 cm³/mol. The van der Waals surface area contributed by atoms with Gasteiger partial charge < -0.3 is 19.3 Å². The first kappa shape index (κ1) is 15.5. The molecule has 0 bridgehead atoms. The van der Waals surface area contributed by atoms with E-state index in [1.165, 1.54) is 0 Å². The van der Waals surface area contributed by atoms with E-state index in [9.17, 15) is 9.90 Å². The normalized spacial score (nSPS) is 30.0. The van der Waals surface area contributed by atoms with Crippen LogP contribution in [0.2, 0.25) is 0 Å². The maximum absolute atomic E-state index is 11.6. The molecule has 3 rings (SSSR count). The molecule has 1 heterocycles. The highest BCUT2D eigenvalue weighted by molar-refractivity contribution is 5.71. The van der Waals surface area contributed by atoms with E-state index < -0.39 is 17.7 Å². The molecular formula is C17H22O5. The van der Waals surface area contributed by atoms with Crippen LogP contribution in [0.5, 0.6) is 0 Å². The third-order valence-corrected chi connectivity index (χ3v) is 4.87. The summed E-state index contributed by atoms with van der Waals surface area (Å²) in [5.41, 5.74) is 1.09. The number of ether oxygens (including phenoxy) is 3. The van der Waals surface area contributed by atoms with Crippen molar-refractivity contribution in [3.05, 3.63) is 35.9 Å². The Balaban J connectivity index is 1.64. The molecule has 5 heteroatoms. The summed E-state index contributed by atoms with van der Waals surface area (Å²) in [6.07, 6.45) is 0.406. The molecule has 120 valence electrons. The molecule has 1 spiro atoms. The molecule has 0 unspecified atom stereocenters. The van der Waals surface area contributed by atoms with Crippen LogP contribution in [0.1, 0.15) is 18.9 Å². The molecule has 22 heavy (non-hydrogen) atoms. The van der Waals surface area contributed by atoms with Gasteiger partial charge in [0.15, 0.2) is 5.79 Å². The molecule has 3 atom stereocenters. The number of hydrogen-bond donors (Lipinski definition) is 1. The lowest BCUT2D eigenvalue weighted by Gasteiger charge is -2.28. The number of hydrogen-bond acceptors (Lipinski definition) is 4. The van der Waals surface area contributed by atoms with Crippen molar-refractivity contribution in [2.45, 2.75) is 25.7 Å². The van der Waals surface area contributed by atoms with Gasteiger partial charge in [0.2, 0.25) is 0 Å². The highest BCUT2D eigenvalue weighted by atomic mass is 16.7. The van der Waals surface area contributed by atoms with Crippen molar-refractivity contribution in [1.29, 1.82) is 0 Å². The standard InChI is InChI=1S/C17H22O5/c1-12-15(11-20-10-13-5-3-2-4-6-13)14(16(18)19)9-17(12)21-7-8-22-17/h2-6,12,14-15H,7-11H2,1H3,(H,18,19)/t12-,14-,15-/m1/s1. The van der Waals surface area contributed by atoms with Crippen LogP contribution in [0.4, 0.5) is 0 Å². The van der Waals surface area contributed by atoms with Crippen molar-refractivity contribution in [1.82, 2.24) is 0 Å². The quantitative estimate of drug-likeness (QED) is 0.904. The van der Waals surface area contributed by atoms with E-state index in [1.54, 1.807) is 0 Å². The molecule has 0 aromatic heterocycles. The van der Waals surface area contributed by atoms with Crippen molar-refractivity contribution in [3.63, 3.8) is 0 Å². The first-order valence-corrected chi connectivity index (χ1v) is 7.75. The summed E-state index contributed by atoms with van der Waals surface area (Å²) in [5.74, 6) is -2.10. The number of carboxylic acid groups (broad SMARTS) is 1. The van der Waals surface area contributed by atoms with Crippen LogP contribution in [0.3, 0.4) is 0 Å². The summed E-state index contributed by atoms with van der Waals surface area (Å²) in [7, 11) is 0. The molecular weight excluding hydrogens is 284 g/mol. The minimum Gasteiger partial charge on any atom is -0.481 e. The third kappa shape index (κ3) is 2.89. The topological polar surface area (TPSA) is 65.0 Å². The van der Waals surface area contributed by atoms with Gasteiger partial charge in [-0.1, -0.05) is 37.3 Å². The van der Waals surface area contributed by atoms with Crippen LogP contribution in [0, 0.1) is 17.8 Å². The van der Waals surface area contributed by atoms with Gasteiger partial charge >= 0.3 is 5.97 Å². The van der Waals surface area contributed by atoms with E-state index in [0.717, 1.165) is 5.56 Å². The Bertz CT molecular complexity index is 509. The number of carbonyl (C=O) groups is 1. The highest BCUT2D eigenvalue weighted by Gasteiger charge is 2.57. The van der Waals surface area contributed by atoms with Gasteiger partial charge in [0.25, 0.3) is 0 Å². The van der Waals surface area contributed by atoms with Gasteiger partial charge in [0, 0.05) is 18.3 Å². The maximum atomic E-state index is 11.6. The van der Waals surface area contributed by atoms with Crippen molar-refractivity contribution in [2.24, 2.45) is 17.8 Å². The average molecular weight is 306 g/mol. The molecule has 1 aromatic carbocycles. The van der Waals surface area contributed by atoms with Crippen molar-refractivity contribution in [2.75, 3.05) is 19.8 Å². The number of rotatable bonds is 5. The number of carboxylic acids is 1. The highest BCUT2D eigenvalue weighted by Crippen LogP contribution is 2.49. The molecule has 1 aromatic rings. The van der Waals surface area contributed by atoms with E-state index in [0.29, 0.717) is 32.8 Å². The first-order chi connectivity index (χ1) is 10.6. The zero-order chi connectivity index (χ0) is 15.6. The van der Waals surface area contributed by atoms with Gasteiger partial charge in [-0.25, -0.2) is 0 Å². The zero-order valence-electron chi connectivity index (χ0n) is 12.7. The molecule has 1 aliphatic heterocycles. The Morgan fingerprint density at radius 1 is 1.32 bits per heavy atom. The minimum absolute atomic E-state index is 0.00636.